The maximum absolute atomic E-state index is 5.74. The normalized spacial score (nSPS) is 17.4. The third kappa shape index (κ3) is 2.27. The van der Waals surface area contributed by atoms with Gasteiger partial charge in [-0.2, -0.15) is 0 Å². The Kier molecular flexibility index (Phi) is 3.60. The van der Waals surface area contributed by atoms with E-state index in [9.17, 15) is 0 Å². The van der Waals surface area contributed by atoms with Gasteiger partial charge in [-0.1, -0.05) is 0 Å². The molecule has 0 aromatic carbocycles. The van der Waals surface area contributed by atoms with Gasteiger partial charge in [0.05, 0.1) is 0 Å². The van der Waals surface area contributed by atoms with Gasteiger partial charge in [0.2, 0.25) is 0 Å². The van der Waals surface area contributed by atoms with Gasteiger partial charge < -0.3 is 15.4 Å². The van der Waals surface area contributed by atoms with E-state index in [2.05, 4.69) is 30.8 Å². The minimum atomic E-state index is 0.458. The summed E-state index contributed by atoms with van der Waals surface area (Å²) in [5, 5.41) is 0. The Morgan fingerprint density at radius 2 is 2.12 bits per heavy atom. The molecule has 2 rings (SSSR count). The number of anilines is 2. The van der Waals surface area contributed by atoms with Crippen molar-refractivity contribution in [3.05, 3.63) is 10.8 Å². The van der Waals surface area contributed by atoms with E-state index in [1.807, 2.05) is 7.05 Å². The molecule has 1 aliphatic rings. The lowest BCUT2D eigenvalue weighted by atomic mass is 10.1. The van der Waals surface area contributed by atoms with Crippen LogP contribution in [0.2, 0.25) is 0 Å². The molecule has 88 valence electrons. The second-order valence-corrected chi connectivity index (χ2v) is 4.64. The maximum atomic E-state index is 5.74. The Morgan fingerprint density at radius 1 is 1.44 bits per heavy atom. The standard InChI is InChI=1S/C10H15BrN4O/c1-15(7-2-4-16-5-3-7)10-8(11)9(12)13-6-14-10/h6-7H,2-5H2,1H3,(H2,12,13,14). The molecule has 5 nitrogen and oxygen atoms in total. The van der Waals surface area contributed by atoms with E-state index >= 15 is 0 Å². The van der Waals surface area contributed by atoms with E-state index in [1.165, 1.54) is 6.33 Å². The lowest BCUT2D eigenvalue weighted by Crippen LogP contribution is -2.37. The molecule has 0 saturated carbocycles. The fraction of sp³-hybridized carbons (Fsp3) is 0.600. The molecule has 1 fully saturated rings. The summed E-state index contributed by atoms with van der Waals surface area (Å²) < 4.78 is 6.11. The van der Waals surface area contributed by atoms with E-state index in [-0.39, 0.29) is 0 Å². The summed E-state index contributed by atoms with van der Waals surface area (Å²) in [6.45, 7) is 1.63. The van der Waals surface area contributed by atoms with E-state index in [1.54, 1.807) is 0 Å². The van der Waals surface area contributed by atoms with Gasteiger partial charge in [0.25, 0.3) is 0 Å². The average Bonchev–Trinajstić information content (AvgIpc) is 2.33. The second-order valence-electron chi connectivity index (χ2n) is 3.85. The van der Waals surface area contributed by atoms with Gasteiger partial charge in [0.15, 0.2) is 0 Å². The molecule has 2 N–H and O–H groups in total. The maximum Gasteiger partial charge on any atom is 0.148 e. The lowest BCUT2D eigenvalue weighted by molar-refractivity contribution is 0.0853. The number of hydrogen-bond acceptors (Lipinski definition) is 5. The summed E-state index contributed by atoms with van der Waals surface area (Å²) in [4.78, 5) is 10.3. The number of nitrogens with zero attached hydrogens (tertiary/aromatic N) is 3. The van der Waals surface area contributed by atoms with Gasteiger partial charge >= 0.3 is 0 Å². The minimum Gasteiger partial charge on any atom is -0.383 e. The molecular weight excluding hydrogens is 272 g/mol. The van der Waals surface area contributed by atoms with Crippen molar-refractivity contribution in [3.8, 4) is 0 Å². The van der Waals surface area contributed by atoms with Gasteiger partial charge in [0.1, 0.15) is 22.4 Å². The number of aromatic nitrogens is 2. The Labute approximate surface area is 103 Å². The molecule has 1 aromatic rings. The number of ether oxygens (including phenoxy) is 1. The first kappa shape index (κ1) is 11.6. The SMILES string of the molecule is CN(c1ncnc(N)c1Br)C1CCOCC1. The van der Waals surface area contributed by atoms with Crippen LogP contribution in [0, 0.1) is 0 Å². The molecule has 0 amide bonds. The van der Waals surface area contributed by atoms with Crippen LogP contribution in [0.25, 0.3) is 0 Å². The summed E-state index contributed by atoms with van der Waals surface area (Å²) in [5.74, 6) is 1.32. The monoisotopic (exact) mass is 286 g/mol. The van der Waals surface area contributed by atoms with Crippen LogP contribution in [0.15, 0.2) is 10.8 Å². The van der Waals surface area contributed by atoms with Crippen LogP contribution in [0.3, 0.4) is 0 Å². The van der Waals surface area contributed by atoms with Crippen LogP contribution < -0.4 is 10.6 Å². The summed E-state index contributed by atoms with van der Waals surface area (Å²) in [5.41, 5.74) is 5.74. The number of hydrogen-bond donors (Lipinski definition) is 1. The lowest BCUT2D eigenvalue weighted by Gasteiger charge is -2.32. The molecule has 0 unspecified atom stereocenters. The Hall–Kier alpha value is -0.880. The molecule has 16 heavy (non-hydrogen) atoms. The zero-order valence-electron chi connectivity index (χ0n) is 9.19. The van der Waals surface area contributed by atoms with Crippen molar-refractivity contribution in [2.75, 3.05) is 30.9 Å². The van der Waals surface area contributed by atoms with Crippen molar-refractivity contribution in [1.29, 1.82) is 0 Å². The van der Waals surface area contributed by atoms with Crippen LogP contribution in [0.5, 0.6) is 0 Å². The van der Waals surface area contributed by atoms with E-state index < -0.39 is 0 Å². The molecule has 1 saturated heterocycles. The van der Waals surface area contributed by atoms with Crippen LogP contribution in [-0.4, -0.2) is 36.3 Å². The number of rotatable bonds is 2. The zero-order chi connectivity index (χ0) is 11.5. The van der Waals surface area contributed by atoms with Crippen LogP contribution in [0.1, 0.15) is 12.8 Å². The molecule has 1 aromatic heterocycles. The Morgan fingerprint density at radius 3 is 2.81 bits per heavy atom. The number of nitrogen functional groups attached to an aromatic ring is 1. The van der Waals surface area contributed by atoms with Gasteiger partial charge in [-0.15, -0.1) is 0 Å². The first-order valence-corrected chi connectivity index (χ1v) is 6.06. The molecule has 0 atom stereocenters. The fourth-order valence-corrected chi connectivity index (χ4v) is 2.35. The minimum absolute atomic E-state index is 0.458. The largest absolute Gasteiger partial charge is 0.383 e. The Balaban J connectivity index is 2.19. The third-order valence-electron chi connectivity index (χ3n) is 2.87. The summed E-state index contributed by atoms with van der Waals surface area (Å²) in [7, 11) is 2.03. The van der Waals surface area contributed by atoms with Crippen LogP contribution in [-0.2, 0) is 4.74 Å². The summed E-state index contributed by atoms with van der Waals surface area (Å²) in [6, 6.07) is 0.458. The third-order valence-corrected chi connectivity index (χ3v) is 3.63. The second kappa shape index (κ2) is 4.97. The average molecular weight is 287 g/mol. The van der Waals surface area contributed by atoms with Gasteiger partial charge in [-0.25, -0.2) is 9.97 Å². The molecule has 2 heterocycles. The topological polar surface area (TPSA) is 64.3 Å². The smallest absolute Gasteiger partial charge is 0.148 e. The van der Waals surface area contributed by atoms with Crippen LogP contribution >= 0.6 is 15.9 Å². The molecule has 6 heteroatoms. The van der Waals surface area contributed by atoms with Crippen molar-refractivity contribution in [2.24, 2.45) is 0 Å². The molecule has 0 radical (unpaired) electrons. The van der Waals surface area contributed by atoms with Crippen LogP contribution in [0.4, 0.5) is 11.6 Å². The molecule has 0 spiro atoms. The van der Waals surface area contributed by atoms with Crippen molar-refractivity contribution >= 4 is 27.6 Å². The molecule has 1 aliphatic heterocycles. The number of halogens is 1. The van der Waals surface area contributed by atoms with E-state index in [0.717, 1.165) is 36.3 Å². The highest BCUT2D eigenvalue weighted by Gasteiger charge is 2.21. The summed E-state index contributed by atoms with van der Waals surface area (Å²) >= 11 is 3.42. The fourth-order valence-electron chi connectivity index (χ4n) is 1.86. The van der Waals surface area contributed by atoms with Crippen molar-refractivity contribution < 1.29 is 4.74 Å². The van der Waals surface area contributed by atoms with E-state index in [4.69, 9.17) is 10.5 Å². The highest BCUT2D eigenvalue weighted by molar-refractivity contribution is 9.10. The predicted molar refractivity (Wildman–Crippen MR) is 66.4 cm³/mol. The first-order valence-electron chi connectivity index (χ1n) is 5.26. The van der Waals surface area contributed by atoms with Gasteiger partial charge in [-0.05, 0) is 28.8 Å². The van der Waals surface area contributed by atoms with Gasteiger partial charge in [-0.3, -0.25) is 0 Å². The highest BCUT2D eigenvalue weighted by atomic mass is 79.9. The zero-order valence-corrected chi connectivity index (χ0v) is 10.8. The van der Waals surface area contributed by atoms with E-state index in [0.29, 0.717) is 11.9 Å². The highest BCUT2D eigenvalue weighted by Crippen LogP contribution is 2.29. The van der Waals surface area contributed by atoms with Crippen molar-refractivity contribution in [3.63, 3.8) is 0 Å². The summed E-state index contributed by atoms with van der Waals surface area (Å²) in [6.07, 6.45) is 3.53. The van der Waals surface area contributed by atoms with Gasteiger partial charge in [0, 0.05) is 26.3 Å². The van der Waals surface area contributed by atoms with Crippen molar-refractivity contribution in [2.45, 2.75) is 18.9 Å². The molecule has 0 bridgehead atoms. The van der Waals surface area contributed by atoms with Crippen molar-refractivity contribution in [1.82, 2.24) is 9.97 Å². The number of nitrogens with two attached hydrogens (primary N) is 1. The first-order chi connectivity index (χ1) is 7.70. The quantitative estimate of drug-likeness (QED) is 0.891. The molecular formula is C10H15BrN4O. The Bertz CT molecular complexity index is 368. The predicted octanol–water partition coefficient (Wildman–Crippen LogP) is 1.44. The molecule has 0 aliphatic carbocycles.